The molecule has 0 rings (SSSR count). The van der Waals surface area contributed by atoms with Gasteiger partial charge in [-0.1, -0.05) is 52.0 Å². The summed E-state index contributed by atoms with van der Waals surface area (Å²) in [6.07, 6.45) is 10.9. The van der Waals surface area contributed by atoms with E-state index in [0.717, 1.165) is 19.4 Å². The van der Waals surface area contributed by atoms with Crippen molar-refractivity contribution in [3.63, 3.8) is 0 Å². The highest BCUT2D eigenvalue weighted by molar-refractivity contribution is 5.86. The van der Waals surface area contributed by atoms with Crippen LogP contribution >= 0.6 is 0 Å². The van der Waals surface area contributed by atoms with Crippen molar-refractivity contribution in [2.24, 2.45) is 5.92 Å². The Morgan fingerprint density at radius 3 is 2.20 bits per heavy atom. The molecule has 4 nitrogen and oxygen atoms in total. The molecule has 148 valence electrons. The number of rotatable bonds is 16. The van der Waals surface area contributed by atoms with Gasteiger partial charge in [-0.15, -0.1) is 0 Å². The van der Waals surface area contributed by atoms with Crippen LogP contribution in [0.4, 0.5) is 0 Å². The monoisotopic (exact) mass is 356 g/mol. The van der Waals surface area contributed by atoms with Gasteiger partial charge in [0.25, 0.3) is 0 Å². The highest BCUT2D eigenvalue weighted by atomic mass is 17.2. The van der Waals surface area contributed by atoms with Gasteiger partial charge in [0.05, 0.1) is 12.2 Å². The van der Waals surface area contributed by atoms with Crippen molar-refractivity contribution >= 4 is 5.97 Å². The van der Waals surface area contributed by atoms with Crippen molar-refractivity contribution in [3.05, 3.63) is 12.2 Å². The van der Waals surface area contributed by atoms with Gasteiger partial charge in [-0.3, -0.25) is 4.89 Å². The highest BCUT2D eigenvalue weighted by Crippen LogP contribution is 2.30. The first-order valence-corrected chi connectivity index (χ1v) is 9.98. The molecule has 0 bridgehead atoms. The average molecular weight is 357 g/mol. The molecule has 1 unspecified atom stereocenters. The van der Waals surface area contributed by atoms with Crippen molar-refractivity contribution in [2.45, 2.75) is 98.0 Å². The largest absolute Gasteiger partial charge is 0.376 e. The molecule has 0 fully saturated rings. The van der Waals surface area contributed by atoms with E-state index in [4.69, 9.17) is 9.62 Å². The minimum absolute atomic E-state index is 0.132. The first kappa shape index (κ1) is 24.1. The van der Waals surface area contributed by atoms with E-state index in [1.54, 1.807) is 6.92 Å². The molecule has 1 atom stereocenters. The number of hydrogen-bond acceptors (Lipinski definition) is 4. The fourth-order valence-corrected chi connectivity index (χ4v) is 3.06. The van der Waals surface area contributed by atoms with Gasteiger partial charge < -0.3 is 4.74 Å². The summed E-state index contributed by atoms with van der Waals surface area (Å²) >= 11 is 0. The molecule has 25 heavy (non-hydrogen) atoms. The number of carbonyl (C=O) groups excluding carboxylic acids is 1. The van der Waals surface area contributed by atoms with E-state index in [0.29, 0.717) is 18.1 Å². The van der Waals surface area contributed by atoms with Crippen LogP contribution in [0.25, 0.3) is 0 Å². The van der Waals surface area contributed by atoms with E-state index in [1.807, 2.05) is 6.92 Å². The van der Waals surface area contributed by atoms with Crippen LogP contribution in [0.2, 0.25) is 0 Å². The summed E-state index contributed by atoms with van der Waals surface area (Å²) in [7, 11) is 0. The smallest absolute Gasteiger partial charge is 0.368 e. The van der Waals surface area contributed by atoms with Crippen molar-refractivity contribution in [2.75, 3.05) is 13.2 Å². The number of carbonyl (C=O) groups is 1. The predicted molar refractivity (Wildman–Crippen MR) is 103 cm³/mol. The molecule has 0 aromatic carbocycles. The van der Waals surface area contributed by atoms with Crippen LogP contribution in [-0.2, 0) is 19.3 Å². The average Bonchev–Trinajstić information content (AvgIpc) is 2.55. The molecule has 4 heteroatoms. The fraction of sp³-hybridized carbons (Fsp3) is 0.857. The summed E-state index contributed by atoms with van der Waals surface area (Å²) in [6.45, 7) is 14.9. The molecule has 0 amide bonds. The van der Waals surface area contributed by atoms with E-state index in [2.05, 4.69) is 32.2 Å². The lowest BCUT2D eigenvalue weighted by atomic mass is 9.82. The molecule has 0 aromatic rings. The SMILES string of the molecule is C=C(C)C(=O)OOCCCC(CCCCCCCC)C(C)(C)OCC. The summed E-state index contributed by atoms with van der Waals surface area (Å²) < 4.78 is 5.98. The first-order valence-electron chi connectivity index (χ1n) is 9.98. The second kappa shape index (κ2) is 14.3. The molecule has 0 aliphatic carbocycles. The van der Waals surface area contributed by atoms with Gasteiger partial charge in [-0.2, -0.15) is 4.89 Å². The molecule has 0 aliphatic rings. The van der Waals surface area contributed by atoms with E-state index >= 15 is 0 Å². The maximum atomic E-state index is 11.3. The molecular formula is C21H40O4. The molecule has 0 N–H and O–H groups in total. The van der Waals surface area contributed by atoms with Crippen LogP contribution in [0.5, 0.6) is 0 Å². The molecule has 0 aromatic heterocycles. The van der Waals surface area contributed by atoms with Crippen molar-refractivity contribution < 1.29 is 19.3 Å². The van der Waals surface area contributed by atoms with Gasteiger partial charge >= 0.3 is 5.97 Å². The molecule has 0 spiro atoms. The summed E-state index contributed by atoms with van der Waals surface area (Å²) in [6, 6.07) is 0. The Balaban J connectivity index is 4.18. The molecule has 0 aliphatic heterocycles. The lowest BCUT2D eigenvalue weighted by Gasteiger charge is -2.34. The van der Waals surface area contributed by atoms with Crippen LogP contribution in [0.15, 0.2) is 12.2 Å². The van der Waals surface area contributed by atoms with Crippen LogP contribution in [-0.4, -0.2) is 24.8 Å². The van der Waals surface area contributed by atoms with Gasteiger partial charge in [0.2, 0.25) is 0 Å². The third-order valence-electron chi connectivity index (χ3n) is 4.67. The molecule has 0 saturated heterocycles. The Morgan fingerprint density at radius 2 is 1.60 bits per heavy atom. The fourth-order valence-electron chi connectivity index (χ4n) is 3.06. The highest BCUT2D eigenvalue weighted by Gasteiger charge is 2.29. The quantitative estimate of drug-likeness (QED) is 0.147. The van der Waals surface area contributed by atoms with Crippen molar-refractivity contribution in [1.82, 2.24) is 0 Å². The number of ether oxygens (including phenoxy) is 1. The molecule has 0 heterocycles. The van der Waals surface area contributed by atoms with Gasteiger partial charge in [-0.25, -0.2) is 4.79 Å². The molecule has 0 saturated carbocycles. The summed E-state index contributed by atoms with van der Waals surface area (Å²) in [5.74, 6) is -0.0163. The van der Waals surface area contributed by atoms with Gasteiger partial charge in [-0.05, 0) is 52.9 Å². The summed E-state index contributed by atoms with van der Waals surface area (Å²) in [5.41, 5.74) is 0.213. The Bertz CT molecular complexity index is 363. The topological polar surface area (TPSA) is 44.8 Å². The van der Waals surface area contributed by atoms with Crippen LogP contribution in [0.1, 0.15) is 92.4 Å². The van der Waals surface area contributed by atoms with Crippen LogP contribution < -0.4 is 0 Å². The summed E-state index contributed by atoms with van der Waals surface area (Å²) in [4.78, 5) is 21.0. The standard InChI is InChI=1S/C21H40O4/c1-7-9-10-11-12-13-15-19(21(5,6)23-8-2)16-14-17-24-25-20(22)18(3)4/h19H,3,7-17H2,1-2,4-6H3. The minimum Gasteiger partial charge on any atom is -0.376 e. The summed E-state index contributed by atoms with van der Waals surface area (Å²) in [5, 5.41) is 0. The van der Waals surface area contributed by atoms with E-state index in [9.17, 15) is 4.79 Å². The second-order valence-corrected chi connectivity index (χ2v) is 7.41. The lowest BCUT2D eigenvalue weighted by molar-refractivity contribution is -0.269. The third-order valence-corrected chi connectivity index (χ3v) is 4.67. The van der Waals surface area contributed by atoms with Gasteiger partial charge in [0, 0.05) is 12.2 Å². The first-order chi connectivity index (χ1) is 11.8. The zero-order valence-electron chi connectivity index (χ0n) is 17.2. The maximum Gasteiger partial charge on any atom is 0.368 e. The Labute approximate surface area is 155 Å². The zero-order chi connectivity index (χ0) is 19.1. The third kappa shape index (κ3) is 12.2. The predicted octanol–water partition coefficient (Wildman–Crippen LogP) is 6.00. The Kier molecular flexibility index (Phi) is 13.8. The van der Waals surface area contributed by atoms with Crippen LogP contribution in [0.3, 0.4) is 0 Å². The Morgan fingerprint density at radius 1 is 1.00 bits per heavy atom. The van der Waals surface area contributed by atoms with Gasteiger partial charge in [0.1, 0.15) is 0 Å². The second-order valence-electron chi connectivity index (χ2n) is 7.41. The van der Waals surface area contributed by atoms with Crippen molar-refractivity contribution in [1.29, 1.82) is 0 Å². The van der Waals surface area contributed by atoms with Gasteiger partial charge in [0.15, 0.2) is 0 Å². The van der Waals surface area contributed by atoms with Crippen molar-refractivity contribution in [3.8, 4) is 0 Å². The van der Waals surface area contributed by atoms with E-state index in [-0.39, 0.29) is 5.60 Å². The normalized spacial score (nSPS) is 12.8. The Hall–Kier alpha value is -0.870. The zero-order valence-corrected chi connectivity index (χ0v) is 17.2. The number of unbranched alkanes of at least 4 members (excludes halogenated alkanes) is 5. The minimum atomic E-state index is -0.502. The van der Waals surface area contributed by atoms with Crippen LogP contribution in [0, 0.1) is 5.92 Å². The van der Waals surface area contributed by atoms with E-state index < -0.39 is 5.97 Å². The molecular weight excluding hydrogens is 316 g/mol. The van der Waals surface area contributed by atoms with E-state index in [1.165, 1.54) is 44.9 Å². The molecule has 0 radical (unpaired) electrons. The maximum absolute atomic E-state index is 11.3. The lowest BCUT2D eigenvalue weighted by Crippen LogP contribution is -2.35. The number of hydrogen-bond donors (Lipinski definition) is 0.